The van der Waals surface area contributed by atoms with Gasteiger partial charge in [-0.3, -0.25) is 0 Å². The summed E-state index contributed by atoms with van der Waals surface area (Å²) in [5, 5.41) is 5.50. The van der Waals surface area contributed by atoms with Crippen molar-refractivity contribution in [2.24, 2.45) is 0 Å². The molecule has 78 valence electrons. The maximum Gasteiger partial charge on any atom is 0.0494 e. The molecule has 2 aromatic rings. The number of benzene rings is 1. The fraction of sp³-hybridized carbons (Fsp3) is 0.167. The minimum Gasteiger partial charge on any atom is -0.380 e. The molecular formula is C12H13NS2. The summed E-state index contributed by atoms with van der Waals surface area (Å²) in [7, 11) is 0. The van der Waals surface area contributed by atoms with E-state index in [0.717, 1.165) is 6.54 Å². The van der Waals surface area contributed by atoms with Crippen molar-refractivity contribution in [2.75, 3.05) is 11.6 Å². The Hall–Kier alpha value is -0.930. The van der Waals surface area contributed by atoms with Gasteiger partial charge in [-0.2, -0.15) is 0 Å². The fourth-order valence-electron chi connectivity index (χ4n) is 1.31. The third-order valence-electron chi connectivity index (χ3n) is 2.14. The first-order chi connectivity index (χ1) is 7.38. The minimum atomic E-state index is 0.913. The Morgan fingerprint density at radius 2 is 2.00 bits per heavy atom. The average Bonchev–Trinajstić information content (AvgIpc) is 2.80. The molecule has 1 nitrogen and oxygen atoms in total. The summed E-state index contributed by atoms with van der Waals surface area (Å²) < 4.78 is 0. The molecule has 1 heterocycles. The van der Waals surface area contributed by atoms with Gasteiger partial charge in [-0.1, -0.05) is 6.07 Å². The number of rotatable bonds is 4. The summed E-state index contributed by atoms with van der Waals surface area (Å²) in [4.78, 5) is 2.67. The second kappa shape index (κ2) is 5.24. The number of thioether (sulfide) groups is 1. The van der Waals surface area contributed by atoms with Crippen LogP contribution in [0.5, 0.6) is 0 Å². The Morgan fingerprint density at radius 1 is 1.20 bits per heavy atom. The van der Waals surface area contributed by atoms with Gasteiger partial charge in [-0.25, -0.2) is 0 Å². The number of hydrogen-bond acceptors (Lipinski definition) is 3. The Balaban J connectivity index is 1.93. The molecular weight excluding hydrogens is 222 g/mol. The van der Waals surface area contributed by atoms with Crippen LogP contribution in [0.1, 0.15) is 4.88 Å². The van der Waals surface area contributed by atoms with E-state index in [-0.39, 0.29) is 0 Å². The standard InChI is InChI=1S/C12H13NS2/c1-14-11-6-4-10(5-7-11)13-9-12-3-2-8-15-12/h2-8,13H,9H2,1H3. The molecule has 15 heavy (non-hydrogen) atoms. The van der Waals surface area contributed by atoms with E-state index in [1.54, 1.807) is 23.1 Å². The van der Waals surface area contributed by atoms with Gasteiger partial charge in [0.15, 0.2) is 0 Å². The molecule has 1 aromatic carbocycles. The second-order valence-corrected chi connectivity index (χ2v) is 5.07. The fourth-order valence-corrected chi connectivity index (χ4v) is 2.36. The third kappa shape index (κ3) is 3.01. The number of anilines is 1. The molecule has 0 aliphatic rings. The van der Waals surface area contributed by atoms with Crippen LogP contribution in [0.15, 0.2) is 46.7 Å². The molecule has 0 atom stereocenters. The average molecular weight is 235 g/mol. The van der Waals surface area contributed by atoms with Crippen LogP contribution >= 0.6 is 23.1 Å². The zero-order chi connectivity index (χ0) is 10.5. The Labute approximate surface area is 98.5 Å². The first kappa shape index (κ1) is 10.6. The monoisotopic (exact) mass is 235 g/mol. The van der Waals surface area contributed by atoms with E-state index in [0.29, 0.717) is 0 Å². The summed E-state index contributed by atoms with van der Waals surface area (Å²) in [6.07, 6.45) is 2.09. The highest BCUT2D eigenvalue weighted by atomic mass is 32.2. The van der Waals surface area contributed by atoms with Crippen LogP contribution in [0.2, 0.25) is 0 Å². The maximum atomic E-state index is 3.40. The van der Waals surface area contributed by atoms with Crippen LogP contribution in [-0.2, 0) is 6.54 Å². The zero-order valence-electron chi connectivity index (χ0n) is 8.57. The third-order valence-corrected chi connectivity index (χ3v) is 3.76. The van der Waals surface area contributed by atoms with Crippen molar-refractivity contribution in [3.8, 4) is 0 Å². The second-order valence-electron chi connectivity index (χ2n) is 3.16. The lowest BCUT2D eigenvalue weighted by Gasteiger charge is -2.05. The summed E-state index contributed by atoms with van der Waals surface area (Å²) in [5.74, 6) is 0. The van der Waals surface area contributed by atoms with Crippen molar-refractivity contribution >= 4 is 28.8 Å². The summed E-state index contributed by atoms with van der Waals surface area (Å²) in [6, 6.07) is 12.8. The predicted octanol–water partition coefficient (Wildman–Crippen LogP) is 4.08. The van der Waals surface area contributed by atoms with Crippen molar-refractivity contribution in [1.29, 1.82) is 0 Å². The zero-order valence-corrected chi connectivity index (χ0v) is 10.2. The lowest BCUT2D eigenvalue weighted by molar-refractivity contribution is 1.19. The molecule has 0 amide bonds. The van der Waals surface area contributed by atoms with Gasteiger partial charge < -0.3 is 5.32 Å². The van der Waals surface area contributed by atoms with Gasteiger partial charge in [0.25, 0.3) is 0 Å². The van der Waals surface area contributed by atoms with Crippen LogP contribution in [0, 0.1) is 0 Å². The van der Waals surface area contributed by atoms with E-state index in [2.05, 4.69) is 53.4 Å². The lowest BCUT2D eigenvalue weighted by Crippen LogP contribution is -1.96. The Bertz CT molecular complexity index is 392. The smallest absolute Gasteiger partial charge is 0.0494 e. The van der Waals surface area contributed by atoms with Crippen LogP contribution in [0.3, 0.4) is 0 Å². The molecule has 0 saturated heterocycles. The molecule has 0 radical (unpaired) electrons. The largest absolute Gasteiger partial charge is 0.380 e. The van der Waals surface area contributed by atoms with Gasteiger partial charge in [-0.05, 0) is 42.0 Å². The van der Waals surface area contributed by atoms with E-state index in [1.165, 1.54) is 15.5 Å². The van der Waals surface area contributed by atoms with Gasteiger partial charge in [-0.15, -0.1) is 23.1 Å². The highest BCUT2D eigenvalue weighted by Gasteiger charge is 1.95. The first-order valence-electron chi connectivity index (χ1n) is 4.79. The number of hydrogen-bond donors (Lipinski definition) is 1. The Kier molecular flexibility index (Phi) is 3.69. The highest BCUT2D eigenvalue weighted by Crippen LogP contribution is 2.18. The van der Waals surface area contributed by atoms with Gasteiger partial charge in [0.1, 0.15) is 0 Å². The minimum absolute atomic E-state index is 0.913. The molecule has 0 fully saturated rings. The molecule has 0 aliphatic carbocycles. The summed E-state index contributed by atoms with van der Waals surface area (Å²) in [5.41, 5.74) is 1.18. The molecule has 1 N–H and O–H groups in total. The van der Waals surface area contributed by atoms with Crippen LogP contribution in [-0.4, -0.2) is 6.26 Å². The number of nitrogens with one attached hydrogen (secondary N) is 1. The topological polar surface area (TPSA) is 12.0 Å². The molecule has 0 spiro atoms. The molecule has 0 saturated carbocycles. The van der Waals surface area contributed by atoms with Crippen LogP contribution in [0.4, 0.5) is 5.69 Å². The van der Waals surface area contributed by atoms with Gasteiger partial charge in [0.05, 0.1) is 0 Å². The van der Waals surface area contributed by atoms with Gasteiger partial charge in [0.2, 0.25) is 0 Å². The summed E-state index contributed by atoms with van der Waals surface area (Å²) in [6.45, 7) is 0.913. The van der Waals surface area contributed by atoms with E-state index < -0.39 is 0 Å². The highest BCUT2D eigenvalue weighted by molar-refractivity contribution is 7.98. The Morgan fingerprint density at radius 3 is 2.60 bits per heavy atom. The normalized spacial score (nSPS) is 10.2. The van der Waals surface area contributed by atoms with Gasteiger partial charge >= 0.3 is 0 Å². The van der Waals surface area contributed by atoms with Crippen molar-refractivity contribution < 1.29 is 0 Å². The van der Waals surface area contributed by atoms with Gasteiger partial charge in [0, 0.05) is 22.0 Å². The van der Waals surface area contributed by atoms with E-state index >= 15 is 0 Å². The van der Waals surface area contributed by atoms with Crippen LogP contribution < -0.4 is 5.32 Å². The van der Waals surface area contributed by atoms with Crippen molar-refractivity contribution in [3.63, 3.8) is 0 Å². The molecule has 2 rings (SSSR count). The molecule has 0 aliphatic heterocycles. The first-order valence-corrected chi connectivity index (χ1v) is 6.89. The van der Waals surface area contributed by atoms with E-state index in [9.17, 15) is 0 Å². The van der Waals surface area contributed by atoms with E-state index in [1.807, 2.05) is 0 Å². The molecule has 0 bridgehead atoms. The quantitative estimate of drug-likeness (QED) is 0.801. The number of thiophene rings is 1. The van der Waals surface area contributed by atoms with Crippen molar-refractivity contribution in [3.05, 3.63) is 46.7 Å². The summed E-state index contributed by atoms with van der Waals surface area (Å²) >= 11 is 3.55. The van der Waals surface area contributed by atoms with Crippen molar-refractivity contribution in [2.45, 2.75) is 11.4 Å². The SMILES string of the molecule is CSc1ccc(NCc2cccs2)cc1. The van der Waals surface area contributed by atoms with Crippen LogP contribution in [0.25, 0.3) is 0 Å². The molecule has 1 aromatic heterocycles. The predicted molar refractivity (Wildman–Crippen MR) is 69.9 cm³/mol. The van der Waals surface area contributed by atoms with E-state index in [4.69, 9.17) is 0 Å². The molecule has 0 unspecified atom stereocenters. The maximum absolute atomic E-state index is 3.40. The van der Waals surface area contributed by atoms with Crippen molar-refractivity contribution in [1.82, 2.24) is 0 Å². The lowest BCUT2D eigenvalue weighted by atomic mass is 10.3. The molecule has 3 heteroatoms.